The first kappa shape index (κ1) is 41.7. The van der Waals surface area contributed by atoms with Crippen LogP contribution < -0.4 is 0 Å². The van der Waals surface area contributed by atoms with Gasteiger partial charge in [-0.3, -0.25) is 33.6 Å². The van der Waals surface area contributed by atoms with Gasteiger partial charge < -0.3 is 52.1 Å². The molecule has 49 heavy (non-hydrogen) atoms. The number of hydrogen-bond acceptors (Lipinski definition) is 19. The molecule has 2 rings (SSSR count). The fourth-order valence-electron chi connectivity index (χ4n) is 5.16. The molecule has 2 fully saturated rings. The Balaban J connectivity index is 2.72. The Morgan fingerprint density at radius 3 is 1.49 bits per heavy atom. The van der Waals surface area contributed by atoms with Crippen LogP contribution in [0.4, 0.5) is 0 Å². The summed E-state index contributed by atoms with van der Waals surface area (Å²) in [7, 11) is 2.46. The average Bonchev–Trinajstić information content (AvgIpc) is 3.00. The van der Waals surface area contributed by atoms with E-state index in [-0.39, 0.29) is 5.75 Å². The lowest BCUT2D eigenvalue weighted by atomic mass is 9.96. The highest BCUT2D eigenvalue weighted by Gasteiger charge is 2.57. The molecule has 0 N–H and O–H groups in total. The third-order valence-corrected chi connectivity index (χ3v) is 8.41. The van der Waals surface area contributed by atoms with Gasteiger partial charge in [-0.1, -0.05) is 6.92 Å². The Kier molecular flexibility index (Phi) is 16.7. The lowest BCUT2D eigenvalue weighted by molar-refractivity contribution is -0.355. The Bertz CT molecular complexity index is 1190. The van der Waals surface area contributed by atoms with E-state index in [0.717, 1.165) is 53.3 Å². The van der Waals surface area contributed by atoms with E-state index in [0.29, 0.717) is 6.42 Å². The van der Waals surface area contributed by atoms with Crippen molar-refractivity contribution in [1.82, 2.24) is 0 Å². The highest BCUT2D eigenvalue weighted by atomic mass is 32.2. The number of thioether (sulfide) groups is 1. The van der Waals surface area contributed by atoms with Crippen molar-refractivity contribution in [2.75, 3.05) is 26.6 Å². The molecule has 0 aliphatic carbocycles. The molecule has 0 amide bonds. The van der Waals surface area contributed by atoms with E-state index in [4.69, 9.17) is 52.1 Å². The van der Waals surface area contributed by atoms with E-state index in [1.54, 1.807) is 6.92 Å². The van der Waals surface area contributed by atoms with Crippen molar-refractivity contribution in [3.8, 4) is 0 Å². The van der Waals surface area contributed by atoms with Crippen molar-refractivity contribution >= 4 is 53.5 Å². The first-order valence-electron chi connectivity index (χ1n) is 15.2. The number of ether oxygens (including phenoxy) is 11. The predicted molar refractivity (Wildman–Crippen MR) is 162 cm³/mol. The second-order valence-electron chi connectivity index (χ2n) is 10.8. The zero-order valence-corrected chi connectivity index (χ0v) is 29.5. The zero-order valence-electron chi connectivity index (χ0n) is 28.7. The van der Waals surface area contributed by atoms with Gasteiger partial charge in [-0.05, 0) is 6.42 Å². The fourth-order valence-corrected chi connectivity index (χ4v) is 6.32. The summed E-state index contributed by atoms with van der Waals surface area (Å²) in [6.07, 6.45) is -14.2. The SMILES string of the molecule is CCC(SC[C@H]1O[C@@H](O[C@H]2[C@H](OC(C)=O)[C@@H](OC(C)=O)[C@H](OC)O[C@@H]2COC(C)=O)[C@H](OC(C)=O)[C@@H](OC(C)=O)[C@H]1OC(C)=O)C(=O)OC. The summed E-state index contributed by atoms with van der Waals surface area (Å²) in [6, 6.07) is 0. The summed E-state index contributed by atoms with van der Waals surface area (Å²) >= 11 is 1.09. The molecule has 2 aliphatic rings. The van der Waals surface area contributed by atoms with Crippen molar-refractivity contribution in [3.05, 3.63) is 0 Å². The van der Waals surface area contributed by atoms with E-state index in [1.165, 1.54) is 14.2 Å². The van der Waals surface area contributed by atoms with E-state index in [9.17, 15) is 33.6 Å². The van der Waals surface area contributed by atoms with Crippen LogP contribution in [-0.4, -0.2) is 135 Å². The number of hydrogen-bond donors (Lipinski definition) is 0. The maximum atomic E-state index is 12.4. The molecule has 1 unspecified atom stereocenters. The largest absolute Gasteiger partial charge is 0.468 e. The van der Waals surface area contributed by atoms with Gasteiger partial charge in [0.2, 0.25) is 0 Å². The molecule has 0 aromatic rings. The molecular weight excluding hydrogens is 680 g/mol. The number of rotatable bonds is 15. The third-order valence-electron chi connectivity index (χ3n) is 6.96. The Labute approximate surface area is 287 Å². The summed E-state index contributed by atoms with van der Waals surface area (Å²) in [6.45, 7) is 7.81. The first-order chi connectivity index (χ1) is 23.0. The predicted octanol–water partition coefficient (Wildman–Crippen LogP) is 0.374. The lowest BCUT2D eigenvalue weighted by Gasteiger charge is -2.48. The standard InChI is InChI=1S/C30H44O18S/c1-10-21(28(37)38-8)49-12-20-23(41-14(3)32)25(43-16(5)34)27(45-18(7)36)30(47-20)48-22-19(11-40-13(2)31)46-29(39-9)26(44-17(6)35)24(22)42-15(4)33/h19-27,29-30H,10-12H2,1-9H3/t19-,20-,21?,22-,23+,24+,25+,26-,27-,29-,30+/m1/s1. The van der Waals surface area contributed by atoms with Gasteiger partial charge in [0.05, 0.1) is 7.11 Å². The number of esters is 7. The average molecular weight is 725 g/mol. The monoisotopic (exact) mass is 724 g/mol. The quantitative estimate of drug-likeness (QED) is 0.164. The fraction of sp³-hybridized carbons (Fsp3) is 0.767. The second kappa shape index (κ2) is 19.6. The molecule has 2 saturated heterocycles. The number of carbonyl (C=O) groups is 7. The van der Waals surface area contributed by atoms with Gasteiger partial charge in [0, 0.05) is 54.4 Å². The van der Waals surface area contributed by atoms with E-state index >= 15 is 0 Å². The number of methoxy groups -OCH3 is 2. The van der Waals surface area contributed by atoms with Gasteiger partial charge in [-0.2, -0.15) is 0 Å². The molecule has 0 aromatic carbocycles. The minimum Gasteiger partial charge on any atom is -0.468 e. The molecule has 0 saturated carbocycles. The van der Waals surface area contributed by atoms with E-state index < -0.39 is 115 Å². The molecule has 18 nitrogen and oxygen atoms in total. The molecule has 11 atom stereocenters. The number of carbonyl (C=O) groups excluding carboxylic acids is 7. The van der Waals surface area contributed by atoms with Crippen LogP contribution >= 0.6 is 11.8 Å². The first-order valence-corrected chi connectivity index (χ1v) is 16.3. The molecule has 0 radical (unpaired) electrons. The summed E-state index contributed by atoms with van der Waals surface area (Å²) in [5, 5.41) is -0.673. The molecule has 0 bridgehead atoms. The topological polar surface area (TPSA) is 221 Å². The summed E-state index contributed by atoms with van der Waals surface area (Å²) in [5.41, 5.74) is 0. The van der Waals surface area contributed by atoms with E-state index in [1.807, 2.05) is 0 Å². The van der Waals surface area contributed by atoms with Gasteiger partial charge in [-0.15, -0.1) is 11.8 Å². The second-order valence-corrected chi connectivity index (χ2v) is 12.1. The molecule has 2 aliphatic heterocycles. The van der Waals surface area contributed by atoms with E-state index in [2.05, 4.69) is 0 Å². The minimum absolute atomic E-state index is 0.0663. The molecule has 278 valence electrons. The van der Waals surface area contributed by atoms with Crippen molar-refractivity contribution < 1.29 is 85.7 Å². The molecular formula is C30H44O18S. The van der Waals surface area contributed by atoms with Gasteiger partial charge in [0.1, 0.15) is 30.2 Å². The Morgan fingerprint density at radius 2 is 1.04 bits per heavy atom. The van der Waals surface area contributed by atoms with Crippen LogP contribution in [0.5, 0.6) is 0 Å². The van der Waals surface area contributed by atoms with Crippen molar-refractivity contribution in [2.24, 2.45) is 0 Å². The van der Waals surface area contributed by atoms with Crippen molar-refractivity contribution in [1.29, 1.82) is 0 Å². The van der Waals surface area contributed by atoms with Gasteiger partial charge in [0.25, 0.3) is 0 Å². The normalized spacial score (nSPS) is 30.1. The van der Waals surface area contributed by atoms with Crippen LogP contribution in [0.25, 0.3) is 0 Å². The summed E-state index contributed by atoms with van der Waals surface area (Å²) in [5.74, 6) is -5.47. The Morgan fingerprint density at radius 1 is 0.592 bits per heavy atom. The van der Waals surface area contributed by atoms with Crippen LogP contribution in [0.2, 0.25) is 0 Å². The summed E-state index contributed by atoms with van der Waals surface area (Å²) < 4.78 is 61.5. The zero-order chi connectivity index (χ0) is 37.0. The molecule has 0 aromatic heterocycles. The summed E-state index contributed by atoms with van der Waals surface area (Å²) in [4.78, 5) is 85.7. The Hall–Kier alpha value is -3.52. The van der Waals surface area contributed by atoms with Crippen molar-refractivity contribution in [3.63, 3.8) is 0 Å². The lowest BCUT2D eigenvalue weighted by Crippen LogP contribution is -2.67. The van der Waals surface area contributed by atoms with Crippen LogP contribution in [0.1, 0.15) is 54.9 Å². The van der Waals surface area contributed by atoms with Crippen LogP contribution in [0, 0.1) is 0 Å². The highest BCUT2D eigenvalue weighted by Crippen LogP contribution is 2.36. The smallest absolute Gasteiger partial charge is 0.318 e. The van der Waals surface area contributed by atoms with Gasteiger partial charge in [-0.25, -0.2) is 0 Å². The minimum atomic E-state index is -1.70. The van der Waals surface area contributed by atoms with Crippen LogP contribution in [-0.2, 0) is 85.7 Å². The van der Waals surface area contributed by atoms with Gasteiger partial charge >= 0.3 is 41.8 Å². The maximum Gasteiger partial charge on any atom is 0.318 e. The molecule has 0 spiro atoms. The van der Waals surface area contributed by atoms with Crippen LogP contribution in [0.15, 0.2) is 0 Å². The molecule has 19 heteroatoms. The highest BCUT2D eigenvalue weighted by molar-refractivity contribution is 8.00. The van der Waals surface area contributed by atoms with Crippen LogP contribution in [0.3, 0.4) is 0 Å². The van der Waals surface area contributed by atoms with Gasteiger partial charge in [0.15, 0.2) is 43.1 Å². The maximum absolute atomic E-state index is 12.4. The third kappa shape index (κ3) is 12.4. The molecule has 2 heterocycles. The van der Waals surface area contributed by atoms with Crippen molar-refractivity contribution in [2.45, 2.75) is 122 Å².